The van der Waals surface area contributed by atoms with Crippen molar-refractivity contribution >= 4 is 34.6 Å². The summed E-state index contributed by atoms with van der Waals surface area (Å²) in [4.78, 5) is 26.1. The minimum absolute atomic E-state index is 0.290. The number of hydrogen-bond donors (Lipinski definition) is 4. The van der Waals surface area contributed by atoms with Gasteiger partial charge in [-0.05, 0) is 112 Å². The molecular formula is C27H32N4O2. The molecule has 6 heteroatoms. The molecule has 0 fully saturated rings. The minimum Gasteiger partial charge on any atom is -0.398 e. The Kier molecular flexibility index (Phi) is 6.49. The van der Waals surface area contributed by atoms with Crippen LogP contribution >= 0.6 is 0 Å². The van der Waals surface area contributed by atoms with E-state index in [0.717, 1.165) is 38.9 Å². The van der Waals surface area contributed by atoms with Crippen molar-refractivity contribution in [2.45, 2.75) is 48.5 Å². The van der Waals surface area contributed by atoms with Gasteiger partial charge >= 0.3 is 0 Å². The zero-order valence-corrected chi connectivity index (χ0v) is 20.4. The lowest BCUT2D eigenvalue weighted by Gasteiger charge is -2.20. The maximum Gasteiger partial charge on any atom is 0.257 e. The van der Waals surface area contributed by atoms with Crippen molar-refractivity contribution < 1.29 is 9.59 Å². The molecule has 0 aliphatic carbocycles. The van der Waals surface area contributed by atoms with Gasteiger partial charge in [0.1, 0.15) is 0 Å². The molecular weight excluding hydrogens is 412 g/mol. The third-order valence-corrected chi connectivity index (χ3v) is 6.27. The second-order valence-electron chi connectivity index (χ2n) is 8.84. The van der Waals surface area contributed by atoms with Crippen LogP contribution in [0.2, 0.25) is 0 Å². The summed E-state index contributed by atoms with van der Waals surface area (Å²) in [6.45, 7) is 13.5. The summed E-state index contributed by atoms with van der Waals surface area (Å²) in [6.07, 6.45) is 0. The Labute approximate surface area is 195 Å². The molecule has 0 aliphatic heterocycles. The Hall–Kier alpha value is -3.80. The van der Waals surface area contributed by atoms with Crippen LogP contribution in [0.4, 0.5) is 22.7 Å². The van der Waals surface area contributed by atoms with Gasteiger partial charge < -0.3 is 22.1 Å². The van der Waals surface area contributed by atoms with Gasteiger partial charge in [0.05, 0.1) is 11.1 Å². The van der Waals surface area contributed by atoms with Gasteiger partial charge in [0.2, 0.25) is 0 Å². The second kappa shape index (κ2) is 8.98. The van der Waals surface area contributed by atoms with Gasteiger partial charge in [-0.25, -0.2) is 0 Å². The number of nitrogens with two attached hydrogens (primary N) is 2. The molecule has 3 aromatic carbocycles. The average molecular weight is 445 g/mol. The fourth-order valence-corrected chi connectivity index (χ4v) is 4.00. The summed E-state index contributed by atoms with van der Waals surface area (Å²) in [5, 5.41) is 5.99. The molecule has 6 N–H and O–H groups in total. The van der Waals surface area contributed by atoms with Crippen molar-refractivity contribution in [1.82, 2.24) is 0 Å². The first kappa shape index (κ1) is 23.9. The van der Waals surface area contributed by atoms with Gasteiger partial charge in [-0.15, -0.1) is 0 Å². The first-order valence-electron chi connectivity index (χ1n) is 10.9. The van der Waals surface area contributed by atoms with Crippen molar-refractivity contribution in [2.24, 2.45) is 0 Å². The molecule has 0 saturated heterocycles. The largest absolute Gasteiger partial charge is 0.398 e. The number of anilines is 4. The zero-order valence-electron chi connectivity index (χ0n) is 20.4. The van der Waals surface area contributed by atoms with Crippen LogP contribution in [0.15, 0.2) is 30.3 Å². The number of amides is 2. The molecule has 172 valence electrons. The highest BCUT2D eigenvalue weighted by molar-refractivity contribution is 6.11. The Balaban J connectivity index is 1.97. The van der Waals surface area contributed by atoms with Gasteiger partial charge in [0.15, 0.2) is 0 Å². The normalized spacial score (nSPS) is 10.8. The molecule has 3 aromatic rings. The topological polar surface area (TPSA) is 110 Å². The van der Waals surface area contributed by atoms with Crippen molar-refractivity contribution in [3.63, 3.8) is 0 Å². The number of nitrogen functional groups attached to an aromatic ring is 2. The number of carbonyl (C=O) groups excluding carboxylic acids is 2. The number of nitrogens with one attached hydrogen (secondary N) is 2. The average Bonchev–Trinajstić information content (AvgIpc) is 2.73. The minimum atomic E-state index is -0.290. The number of aryl methyl sites for hydroxylation is 6. The van der Waals surface area contributed by atoms with E-state index >= 15 is 0 Å². The maximum atomic E-state index is 13.1. The molecule has 33 heavy (non-hydrogen) atoms. The quantitative estimate of drug-likeness (QED) is 0.397. The molecule has 0 spiro atoms. The second-order valence-corrected chi connectivity index (χ2v) is 8.84. The van der Waals surface area contributed by atoms with E-state index in [-0.39, 0.29) is 11.8 Å². The van der Waals surface area contributed by atoms with E-state index in [1.807, 2.05) is 54.5 Å². The van der Waals surface area contributed by atoms with Crippen molar-refractivity contribution in [1.29, 1.82) is 0 Å². The third kappa shape index (κ3) is 4.70. The highest BCUT2D eigenvalue weighted by Crippen LogP contribution is 2.33. The van der Waals surface area contributed by atoms with Gasteiger partial charge in [-0.2, -0.15) is 0 Å². The monoisotopic (exact) mass is 444 g/mol. The van der Waals surface area contributed by atoms with Crippen molar-refractivity contribution in [3.8, 4) is 0 Å². The maximum absolute atomic E-state index is 13.1. The zero-order chi connectivity index (χ0) is 24.6. The van der Waals surface area contributed by atoms with Crippen molar-refractivity contribution in [3.05, 3.63) is 80.4 Å². The van der Waals surface area contributed by atoms with Crippen LogP contribution in [0.25, 0.3) is 0 Å². The van der Waals surface area contributed by atoms with Crippen LogP contribution in [-0.4, -0.2) is 11.8 Å². The molecule has 6 nitrogen and oxygen atoms in total. The summed E-state index contributed by atoms with van der Waals surface area (Å²) in [6, 6.07) is 9.14. The lowest BCUT2D eigenvalue weighted by molar-refractivity contribution is 0.102. The molecule has 3 rings (SSSR count). The SMILES string of the molecule is Cc1cc(N)c(C(=O)Nc2c(C)cc(C)c(NC(=O)c3cc(C)c(C)cc3N)c2C)cc1C. The smallest absolute Gasteiger partial charge is 0.257 e. The van der Waals surface area contributed by atoms with Crippen LogP contribution in [0, 0.1) is 48.5 Å². The van der Waals surface area contributed by atoms with Crippen LogP contribution in [-0.2, 0) is 0 Å². The number of carbonyl (C=O) groups is 2. The first-order valence-corrected chi connectivity index (χ1v) is 10.9. The Bertz CT molecular complexity index is 1200. The predicted octanol–water partition coefficient (Wildman–Crippen LogP) is 5.51. The first-order chi connectivity index (χ1) is 15.4. The van der Waals surface area contributed by atoms with Crippen LogP contribution in [0.3, 0.4) is 0 Å². The fraction of sp³-hybridized carbons (Fsp3) is 0.259. The fourth-order valence-electron chi connectivity index (χ4n) is 4.00. The standard InChI is InChI=1S/C27H32N4O2/c1-13-9-20(22(28)11-15(13)3)26(32)30-24-17(5)8-18(6)25(19(24)7)31-27(33)21-10-14(2)16(4)12-23(21)29/h8-12H,28-29H2,1-7H3,(H,30,32)(H,31,33). The van der Waals surface area contributed by atoms with E-state index in [2.05, 4.69) is 10.6 Å². The molecule has 2 amide bonds. The highest BCUT2D eigenvalue weighted by atomic mass is 16.2. The summed E-state index contributed by atoms with van der Waals surface area (Å²) in [5.74, 6) is -0.581. The van der Waals surface area contributed by atoms with Gasteiger partial charge in [-0.3, -0.25) is 9.59 Å². The van der Waals surface area contributed by atoms with E-state index in [1.165, 1.54) is 0 Å². The van der Waals surface area contributed by atoms with Gasteiger partial charge in [0, 0.05) is 22.7 Å². The van der Waals surface area contributed by atoms with Gasteiger partial charge in [-0.1, -0.05) is 6.07 Å². The molecule has 0 aliphatic rings. The van der Waals surface area contributed by atoms with Crippen LogP contribution in [0.5, 0.6) is 0 Å². The molecule has 0 aromatic heterocycles. The number of benzene rings is 3. The summed E-state index contributed by atoms with van der Waals surface area (Å²) in [5.41, 5.74) is 21.8. The lowest BCUT2D eigenvalue weighted by atomic mass is 9.99. The Morgan fingerprint density at radius 1 is 0.545 bits per heavy atom. The van der Waals surface area contributed by atoms with E-state index in [9.17, 15) is 9.59 Å². The molecule has 0 unspecified atom stereocenters. The highest BCUT2D eigenvalue weighted by Gasteiger charge is 2.19. The Morgan fingerprint density at radius 2 is 0.879 bits per heavy atom. The van der Waals surface area contributed by atoms with Crippen LogP contribution < -0.4 is 22.1 Å². The number of hydrogen-bond acceptors (Lipinski definition) is 4. The van der Waals surface area contributed by atoms with Gasteiger partial charge in [0.25, 0.3) is 11.8 Å². The summed E-state index contributed by atoms with van der Waals surface area (Å²) in [7, 11) is 0. The van der Waals surface area contributed by atoms with E-state index in [4.69, 9.17) is 11.5 Å². The van der Waals surface area contributed by atoms with E-state index < -0.39 is 0 Å². The Morgan fingerprint density at radius 3 is 1.24 bits per heavy atom. The molecule has 0 saturated carbocycles. The van der Waals surface area contributed by atoms with E-state index in [1.54, 1.807) is 24.3 Å². The van der Waals surface area contributed by atoms with Crippen molar-refractivity contribution in [2.75, 3.05) is 22.1 Å². The molecule has 0 radical (unpaired) electrons. The van der Waals surface area contributed by atoms with E-state index in [0.29, 0.717) is 33.9 Å². The predicted molar refractivity (Wildman–Crippen MR) is 137 cm³/mol. The molecule has 0 bridgehead atoms. The molecule has 0 heterocycles. The van der Waals surface area contributed by atoms with Crippen LogP contribution in [0.1, 0.15) is 59.7 Å². The summed E-state index contributed by atoms with van der Waals surface area (Å²) < 4.78 is 0. The lowest BCUT2D eigenvalue weighted by Crippen LogP contribution is -2.19. The summed E-state index contributed by atoms with van der Waals surface area (Å²) >= 11 is 0. The molecule has 0 atom stereocenters. The third-order valence-electron chi connectivity index (χ3n) is 6.27. The number of rotatable bonds is 4.